The van der Waals surface area contributed by atoms with Gasteiger partial charge in [0.1, 0.15) is 9.52 Å². The summed E-state index contributed by atoms with van der Waals surface area (Å²) >= 11 is 0. The molecule has 0 aliphatic rings. The molecule has 0 aliphatic heterocycles. The Labute approximate surface area is 78.8 Å². The number of unbranched alkanes of at least 4 members (excludes halogenated alkanes) is 3. The van der Waals surface area contributed by atoms with Crippen LogP contribution in [0.5, 0.6) is 0 Å². The van der Waals surface area contributed by atoms with Crippen LogP contribution in [0.3, 0.4) is 0 Å². The Bertz CT molecular complexity index is 105. The van der Waals surface area contributed by atoms with E-state index in [0.717, 1.165) is 0 Å². The van der Waals surface area contributed by atoms with E-state index in [1.165, 1.54) is 31.7 Å². The minimum absolute atomic E-state index is 0.120. The Balaban J connectivity index is 0. The van der Waals surface area contributed by atoms with Crippen LogP contribution in [-0.2, 0) is 0 Å². The molecule has 0 spiro atoms. The van der Waals surface area contributed by atoms with Crippen LogP contribution in [0, 0.1) is 0 Å². The van der Waals surface area contributed by atoms with Gasteiger partial charge in [-0.1, -0.05) is 52.5 Å². The highest BCUT2D eigenvalue weighted by Gasteiger charge is 1.76. The lowest BCUT2D eigenvalue weighted by molar-refractivity contribution is 0.00739. The van der Waals surface area contributed by atoms with Crippen molar-refractivity contribution in [2.24, 2.45) is 0 Å². The lowest BCUT2D eigenvalue weighted by Crippen LogP contribution is -1.86. The van der Waals surface area contributed by atoms with Crippen LogP contribution < -0.4 is 0 Å². The van der Waals surface area contributed by atoms with Gasteiger partial charge >= 0.3 is 0 Å². The van der Waals surface area contributed by atoms with Crippen LogP contribution in [0.2, 0.25) is 6.04 Å². The Hall–Kier alpha value is -0.403. The van der Waals surface area contributed by atoms with Crippen LogP contribution >= 0.6 is 0 Å². The third-order valence-corrected chi connectivity index (χ3v) is 2.46. The molecule has 0 radical (unpaired) electrons. The summed E-state index contributed by atoms with van der Waals surface area (Å²) in [7, 11) is -0.120. The van der Waals surface area contributed by atoms with Gasteiger partial charge in [-0.3, -0.25) is 0 Å². The highest BCUT2D eigenvalue weighted by molar-refractivity contribution is 6.66. The highest BCUT2D eigenvalue weighted by atomic mass is 28.2. The van der Waals surface area contributed by atoms with Crippen molar-refractivity contribution in [3.63, 3.8) is 0 Å². The van der Waals surface area contributed by atoms with E-state index in [2.05, 4.69) is 25.6 Å². The second-order valence-electron chi connectivity index (χ2n) is 2.79. The van der Waals surface area contributed by atoms with E-state index in [-0.39, 0.29) is 9.52 Å². The Morgan fingerprint density at radius 3 is 1.83 bits per heavy atom. The van der Waals surface area contributed by atoms with E-state index >= 15 is 0 Å². The van der Waals surface area contributed by atoms with Crippen LogP contribution in [-0.4, -0.2) is 20.1 Å². The van der Waals surface area contributed by atoms with Crippen molar-refractivity contribution in [3.05, 3.63) is 5.53 Å². The predicted molar refractivity (Wildman–Crippen MR) is 58.5 cm³/mol. The molecular formula is C9H22N2Si. The van der Waals surface area contributed by atoms with Gasteiger partial charge in [-0.25, -0.2) is 0 Å². The molecule has 0 aromatic heterocycles. The molecule has 0 heterocycles. The monoisotopic (exact) mass is 186 g/mol. The molecule has 72 valence electrons. The first-order chi connectivity index (χ1) is 5.83. The predicted octanol–water partition coefficient (Wildman–Crippen LogP) is 2.44. The Morgan fingerprint density at radius 1 is 1.17 bits per heavy atom. The molecule has 3 heteroatoms. The van der Waals surface area contributed by atoms with Gasteiger partial charge < -0.3 is 5.53 Å². The molecule has 0 bridgehead atoms. The van der Waals surface area contributed by atoms with Crippen LogP contribution in [0.4, 0.5) is 0 Å². The van der Waals surface area contributed by atoms with Crippen LogP contribution in [0.15, 0.2) is 0 Å². The third kappa shape index (κ3) is 22.6. The molecular weight excluding hydrogens is 164 g/mol. The van der Waals surface area contributed by atoms with Crippen LogP contribution in [0.1, 0.15) is 46.5 Å². The van der Waals surface area contributed by atoms with E-state index in [1.54, 1.807) is 5.84 Å². The molecule has 0 saturated heterocycles. The van der Waals surface area contributed by atoms with Crippen molar-refractivity contribution in [2.75, 3.05) is 0 Å². The normalized spacial score (nSPS) is 8.92. The summed E-state index contributed by atoms with van der Waals surface area (Å²) in [4.78, 5) is 2.86. The first-order valence-electron chi connectivity index (χ1n) is 4.99. The molecule has 0 atom stereocenters. The van der Waals surface area contributed by atoms with E-state index in [1.807, 2.05) is 0 Å². The second-order valence-corrected chi connectivity index (χ2v) is 4.74. The molecule has 0 rings (SSSR count). The number of hydrogen-bond acceptors (Lipinski definition) is 0. The van der Waals surface area contributed by atoms with Gasteiger partial charge in [0.2, 0.25) is 5.84 Å². The Kier molecular flexibility index (Phi) is 19.9. The van der Waals surface area contributed by atoms with E-state index in [4.69, 9.17) is 5.53 Å². The fraction of sp³-hybridized carbons (Fsp3) is 0.889. The van der Waals surface area contributed by atoms with Crippen molar-refractivity contribution >= 4 is 15.4 Å². The second kappa shape index (κ2) is 16.9. The zero-order valence-electron chi connectivity index (χ0n) is 8.71. The first kappa shape index (κ1) is 14.1. The van der Waals surface area contributed by atoms with Gasteiger partial charge in [0.15, 0.2) is 0 Å². The molecule has 0 amide bonds. The highest BCUT2D eigenvalue weighted by Crippen LogP contribution is 1.95. The van der Waals surface area contributed by atoms with Gasteiger partial charge in [-0.2, -0.15) is 4.79 Å². The van der Waals surface area contributed by atoms with E-state index < -0.39 is 0 Å². The van der Waals surface area contributed by atoms with Gasteiger partial charge in [0, 0.05) is 0 Å². The average Bonchev–Trinajstić information content (AvgIpc) is 2.12. The largest absolute Gasteiger partial charge is 0.363 e. The minimum atomic E-state index is -0.120. The van der Waals surface area contributed by atoms with Crippen molar-refractivity contribution < 1.29 is 4.79 Å². The van der Waals surface area contributed by atoms with Gasteiger partial charge in [-0.05, 0) is 0 Å². The zero-order valence-corrected chi connectivity index (χ0v) is 10.1. The molecule has 0 unspecified atom stereocenters. The summed E-state index contributed by atoms with van der Waals surface area (Å²) in [5.41, 5.74) is 7.80. The summed E-state index contributed by atoms with van der Waals surface area (Å²) in [6.45, 7) is 6.55. The summed E-state index contributed by atoms with van der Waals surface area (Å²) in [5, 5.41) is 0. The van der Waals surface area contributed by atoms with Crippen molar-refractivity contribution in [1.82, 2.24) is 0 Å². The fourth-order valence-electron chi connectivity index (χ4n) is 0.687. The zero-order chi connectivity index (χ0) is 9.66. The number of hydrogen-bond donors (Lipinski definition) is 0. The molecule has 2 nitrogen and oxygen atoms in total. The van der Waals surface area contributed by atoms with Crippen LogP contribution in [0.25, 0.3) is 5.53 Å². The smallest absolute Gasteiger partial charge is 0.219 e. The first-order valence-corrected chi connectivity index (χ1v) is 6.80. The van der Waals surface area contributed by atoms with Gasteiger partial charge in [0.25, 0.3) is 0 Å². The van der Waals surface area contributed by atoms with E-state index in [0.29, 0.717) is 0 Å². The SMILES string of the molecule is CCCCCC.CC[SiH2]C=[N+]=[N-]. The van der Waals surface area contributed by atoms with Crippen molar-refractivity contribution in [2.45, 2.75) is 52.5 Å². The lowest BCUT2D eigenvalue weighted by atomic mass is 10.2. The van der Waals surface area contributed by atoms with Crippen molar-refractivity contribution in [1.29, 1.82) is 0 Å². The minimum Gasteiger partial charge on any atom is -0.363 e. The maximum absolute atomic E-state index is 7.80. The van der Waals surface area contributed by atoms with Gasteiger partial charge in [0.05, 0.1) is 0 Å². The molecule has 0 aromatic carbocycles. The maximum atomic E-state index is 7.80. The molecule has 0 aliphatic carbocycles. The topological polar surface area (TPSA) is 36.4 Å². The number of rotatable bonds is 5. The molecule has 0 N–H and O–H groups in total. The molecule has 0 fully saturated rings. The fourth-order valence-corrected chi connectivity index (χ4v) is 1.06. The Morgan fingerprint density at radius 2 is 1.67 bits per heavy atom. The molecule has 0 aromatic rings. The van der Waals surface area contributed by atoms with Gasteiger partial charge in [-0.15, -0.1) is 0 Å². The quantitative estimate of drug-likeness (QED) is 0.208. The standard InChI is InChI=1S/C6H14.C3H8N2Si/c1-3-5-6-4-2;1-2-6-3-5-4/h3-6H2,1-2H3;3H,2,6H2,1H3. The third-order valence-electron chi connectivity index (χ3n) is 1.46. The van der Waals surface area contributed by atoms with Crippen molar-refractivity contribution in [3.8, 4) is 0 Å². The van der Waals surface area contributed by atoms with E-state index in [9.17, 15) is 0 Å². The maximum Gasteiger partial charge on any atom is 0.219 e. The average molecular weight is 186 g/mol. The number of nitrogens with zero attached hydrogens (tertiary/aromatic N) is 2. The molecule has 0 saturated carbocycles. The summed E-state index contributed by atoms with van der Waals surface area (Å²) in [6.07, 6.45) is 5.54. The lowest BCUT2D eigenvalue weighted by Gasteiger charge is -1.86. The summed E-state index contributed by atoms with van der Waals surface area (Å²) in [5.74, 6) is 1.62. The molecule has 12 heavy (non-hydrogen) atoms. The summed E-state index contributed by atoms with van der Waals surface area (Å²) in [6, 6.07) is 1.18. The summed E-state index contributed by atoms with van der Waals surface area (Å²) < 4.78 is 0.